The predicted octanol–water partition coefficient (Wildman–Crippen LogP) is 3.12. The van der Waals surface area contributed by atoms with Gasteiger partial charge in [0.2, 0.25) is 5.82 Å². The standard InChI is InChI=1S/C15H19N3O2/c1-19-15(9-5-2-6-10-15)14-17-13(20-18-14)11-7-3-4-8-12(11)16/h3-4,7-8H,2,5-6,9-10,16H2,1H3. The Morgan fingerprint density at radius 1 is 1.20 bits per heavy atom. The van der Waals surface area contributed by atoms with Crippen molar-refractivity contribution < 1.29 is 9.26 Å². The third kappa shape index (κ3) is 2.18. The molecule has 0 spiro atoms. The van der Waals surface area contributed by atoms with Crippen LogP contribution in [0.2, 0.25) is 0 Å². The Morgan fingerprint density at radius 2 is 1.95 bits per heavy atom. The number of benzene rings is 1. The van der Waals surface area contributed by atoms with Crippen molar-refractivity contribution in [3.8, 4) is 11.5 Å². The minimum atomic E-state index is -0.399. The molecule has 5 heteroatoms. The van der Waals surface area contributed by atoms with Gasteiger partial charge < -0.3 is 15.0 Å². The van der Waals surface area contributed by atoms with E-state index in [4.69, 9.17) is 15.0 Å². The predicted molar refractivity (Wildman–Crippen MR) is 75.9 cm³/mol. The van der Waals surface area contributed by atoms with Gasteiger partial charge in [-0.15, -0.1) is 0 Å². The zero-order chi connectivity index (χ0) is 14.0. The smallest absolute Gasteiger partial charge is 0.260 e. The van der Waals surface area contributed by atoms with Crippen molar-refractivity contribution in [2.75, 3.05) is 12.8 Å². The average molecular weight is 273 g/mol. The summed E-state index contributed by atoms with van der Waals surface area (Å²) in [5.74, 6) is 1.10. The molecule has 3 rings (SSSR count). The zero-order valence-electron chi connectivity index (χ0n) is 11.6. The minimum Gasteiger partial charge on any atom is -0.398 e. The first kappa shape index (κ1) is 13.1. The lowest BCUT2D eigenvalue weighted by atomic mass is 9.84. The van der Waals surface area contributed by atoms with Crippen LogP contribution in [0.25, 0.3) is 11.5 Å². The monoisotopic (exact) mass is 273 g/mol. The van der Waals surface area contributed by atoms with Crippen molar-refractivity contribution in [1.82, 2.24) is 10.1 Å². The molecule has 2 N–H and O–H groups in total. The number of nitrogens with zero attached hydrogens (tertiary/aromatic N) is 2. The Morgan fingerprint density at radius 3 is 2.65 bits per heavy atom. The maximum Gasteiger partial charge on any atom is 0.260 e. The molecule has 1 aliphatic rings. The number of ether oxygens (including phenoxy) is 1. The van der Waals surface area contributed by atoms with E-state index in [-0.39, 0.29) is 0 Å². The molecule has 0 atom stereocenters. The fraction of sp³-hybridized carbons (Fsp3) is 0.467. The minimum absolute atomic E-state index is 0.399. The highest BCUT2D eigenvalue weighted by Gasteiger charge is 2.38. The van der Waals surface area contributed by atoms with Crippen LogP contribution in [0.3, 0.4) is 0 Å². The van der Waals surface area contributed by atoms with Gasteiger partial charge in [0.25, 0.3) is 5.89 Å². The number of aromatic nitrogens is 2. The molecule has 0 aliphatic heterocycles. The van der Waals surface area contributed by atoms with Crippen molar-refractivity contribution in [2.24, 2.45) is 0 Å². The quantitative estimate of drug-likeness (QED) is 0.870. The molecule has 106 valence electrons. The average Bonchev–Trinajstić information content (AvgIpc) is 2.98. The van der Waals surface area contributed by atoms with Crippen LogP contribution < -0.4 is 5.73 Å². The van der Waals surface area contributed by atoms with Crippen LogP contribution in [0.5, 0.6) is 0 Å². The second-order valence-electron chi connectivity index (χ2n) is 5.27. The van der Waals surface area contributed by atoms with E-state index in [9.17, 15) is 0 Å². The molecule has 20 heavy (non-hydrogen) atoms. The highest BCUT2D eigenvalue weighted by atomic mass is 16.5. The lowest BCUT2D eigenvalue weighted by Crippen LogP contribution is -2.32. The molecule has 1 aromatic heterocycles. The van der Waals surface area contributed by atoms with Gasteiger partial charge in [-0.05, 0) is 25.0 Å². The van der Waals surface area contributed by atoms with Crippen LogP contribution in [-0.2, 0) is 10.3 Å². The van der Waals surface area contributed by atoms with Gasteiger partial charge in [-0.25, -0.2) is 0 Å². The zero-order valence-corrected chi connectivity index (χ0v) is 11.6. The first-order valence-corrected chi connectivity index (χ1v) is 6.99. The first-order chi connectivity index (χ1) is 9.75. The third-order valence-corrected chi connectivity index (χ3v) is 4.08. The van der Waals surface area contributed by atoms with Gasteiger partial charge in [0, 0.05) is 12.8 Å². The molecule has 0 unspecified atom stereocenters. The molecule has 1 heterocycles. The molecule has 1 fully saturated rings. The van der Waals surface area contributed by atoms with E-state index in [2.05, 4.69) is 10.1 Å². The van der Waals surface area contributed by atoms with Crippen molar-refractivity contribution in [1.29, 1.82) is 0 Å². The van der Waals surface area contributed by atoms with E-state index < -0.39 is 5.60 Å². The molecule has 0 bridgehead atoms. The summed E-state index contributed by atoms with van der Waals surface area (Å²) < 4.78 is 11.1. The summed E-state index contributed by atoms with van der Waals surface area (Å²) in [5, 5.41) is 4.13. The normalized spacial score (nSPS) is 18.1. The Balaban J connectivity index is 1.95. The molecule has 0 radical (unpaired) electrons. The Bertz CT molecular complexity index is 588. The van der Waals surface area contributed by atoms with Gasteiger partial charge in [0.05, 0.1) is 5.56 Å². The third-order valence-electron chi connectivity index (χ3n) is 4.08. The Kier molecular flexibility index (Phi) is 3.44. The summed E-state index contributed by atoms with van der Waals surface area (Å²) in [7, 11) is 1.72. The fourth-order valence-corrected chi connectivity index (χ4v) is 2.85. The number of nitrogens with two attached hydrogens (primary N) is 1. The summed E-state index contributed by atoms with van der Waals surface area (Å²) in [6.45, 7) is 0. The molecule has 0 amide bonds. The van der Waals surface area contributed by atoms with Crippen molar-refractivity contribution in [3.05, 3.63) is 30.1 Å². The Hall–Kier alpha value is -1.88. The van der Waals surface area contributed by atoms with Crippen LogP contribution in [0, 0.1) is 0 Å². The molecule has 1 aromatic carbocycles. The fourth-order valence-electron chi connectivity index (χ4n) is 2.85. The van der Waals surface area contributed by atoms with Gasteiger partial charge >= 0.3 is 0 Å². The van der Waals surface area contributed by atoms with E-state index >= 15 is 0 Å². The summed E-state index contributed by atoms with van der Waals surface area (Å²) in [5.41, 5.74) is 6.96. The van der Waals surface area contributed by atoms with Gasteiger partial charge in [0.1, 0.15) is 5.60 Å². The second-order valence-corrected chi connectivity index (χ2v) is 5.27. The molecule has 5 nitrogen and oxygen atoms in total. The lowest BCUT2D eigenvalue weighted by Gasteiger charge is -2.32. The number of anilines is 1. The summed E-state index contributed by atoms with van der Waals surface area (Å²) >= 11 is 0. The van der Waals surface area contributed by atoms with Crippen LogP contribution in [0.1, 0.15) is 37.9 Å². The largest absolute Gasteiger partial charge is 0.398 e. The van der Waals surface area contributed by atoms with Crippen LogP contribution in [-0.4, -0.2) is 17.3 Å². The van der Waals surface area contributed by atoms with Crippen molar-refractivity contribution in [3.63, 3.8) is 0 Å². The molecular formula is C15H19N3O2. The van der Waals surface area contributed by atoms with Gasteiger partial charge in [-0.1, -0.05) is 36.6 Å². The summed E-state index contributed by atoms with van der Waals surface area (Å²) in [6, 6.07) is 7.50. The molecule has 1 aliphatic carbocycles. The van der Waals surface area contributed by atoms with Gasteiger partial charge in [-0.3, -0.25) is 0 Å². The van der Waals surface area contributed by atoms with Crippen molar-refractivity contribution in [2.45, 2.75) is 37.7 Å². The number of para-hydroxylation sites is 1. The van der Waals surface area contributed by atoms with Gasteiger partial charge in [0.15, 0.2) is 0 Å². The summed E-state index contributed by atoms with van der Waals surface area (Å²) in [6.07, 6.45) is 5.37. The number of nitrogen functional groups attached to an aromatic ring is 1. The van der Waals surface area contributed by atoms with E-state index in [1.54, 1.807) is 7.11 Å². The van der Waals surface area contributed by atoms with Crippen LogP contribution >= 0.6 is 0 Å². The lowest BCUT2D eigenvalue weighted by molar-refractivity contribution is -0.0527. The maximum atomic E-state index is 5.95. The van der Waals surface area contributed by atoms with E-state index in [0.717, 1.165) is 31.2 Å². The number of hydrogen-bond acceptors (Lipinski definition) is 5. The highest BCUT2D eigenvalue weighted by molar-refractivity contribution is 5.69. The maximum absolute atomic E-state index is 5.95. The molecule has 0 saturated heterocycles. The molecular weight excluding hydrogens is 254 g/mol. The number of methoxy groups -OCH3 is 1. The first-order valence-electron chi connectivity index (χ1n) is 6.99. The van der Waals surface area contributed by atoms with E-state index in [0.29, 0.717) is 17.4 Å². The van der Waals surface area contributed by atoms with E-state index in [1.807, 2.05) is 24.3 Å². The Labute approximate surface area is 118 Å². The highest BCUT2D eigenvalue weighted by Crippen LogP contribution is 2.39. The topological polar surface area (TPSA) is 74.2 Å². The molecule has 2 aromatic rings. The van der Waals surface area contributed by atoms with Crippen LogP contribution in [0.4, 0.5) is 5.69 Å². The molecule has 1 saturated carbocycles. The summed E-state index contributed by atoms with van der Waals surface area (Å²) in [4.78, 5) is 4.53. The van der Waals surface area contributed by atoms with Gasteiger partial charge in [-0.2, -0.15) is 4.98 Å². The van der Waals surface area contributed by atoms with Crippen LogP contribution in [0.15, 0.2) is 28.8 Å². The second kappa shape index (κ2) is 5.25. The number of hydrogen-bond donors (Lipinski definition) is 1. The SMILES string of the molecule is COC1(c2noc(-c3ccccc3N)n2)CCCCC1. The van der Waals surface area contributed by atoms with E-state index in [1.165, 1.54) is 6.42 Å². The number of rotatable bonds is 3. The van der Waals surface area contributed by atoms with Crippen molar-refractivity contribution >= 4 is 5.69 Å².